The molecule has 4 heteroatoms. The molecule has 0 amide bonds. The molecular weight excluding hydrogens is 137 g/mol. The Bertz CT molecular complexity index is 89.0. The average molecular weight is 149 g/mol. The fraction of sp³-hybridized carbons (Fsp3) is 1.00. The molecule has 3 nitrogen and oxygen atoms in total. The minimum absolute atomic E-state index is 0.00431. The highest BCUT2D eigenvalue weighted by Crippen LogP contribution is 2.08. The minimum Gasteiger partial charge on any atom is -0.382 e. The maximum absolute atomic E-state index is 10.1. The Morgan fingerprint density at radius 3 is 2.67 bits per heavy atom. The van der Waals surface area contributed by atoms with Crippen LogP contribution in [-0.4, -0.2) is 19.0 Å². The minimum atomic E-state index is -0.278. The molecule has 0 spiro atoms. The second kappa shape index (κ2) is 4.86. The molecule has 0 saturated heterocycles. The van der Waals surface area contributed by atoms with Crippen LogP contribution in [0.5, 0.6) is 0 Å². The highest BCUT2D eigenvalue weighted by molar-refractivity contribution is 7.24. The monoisotopic (exact) mass is 149 g/mol. The van der Waals surface area contributed by atoms with Crippen molar-refractivity contribution in [3.05, 3.63) is 0 Å². The molecule has 2 atom stereocenters. The van der Waals surface area contributed by atoms with Crippen LogP contribution < -0.4 is 5.73 Å². The number of rotatable bonds is 4. The van der Waals surface area contributed by atoms with Crippen LogP contribution in [0.1, 0.15) is 13.3 Å². The van der Waals surface area contributed by atoms with Gasteiger partial charge >= 0.3 is 0 Å². The fourth-order valence-electron chi connectivity index (χ4n) is 0.479. The van der Waals surface area contributed by atoms with E-state index in [2.05, 4.69) is 0 Å². The predicted octanol–water partition coefficient (Wildman–Crippen LogP) is 0.988. The molecule has 0 fully saturated rings. The van der Waals surface area contributed by atoms with E-state index in [0.717, 1.165) is 0 Å². The first-order chi connectivity index (χ1) is 4.20. The second-order valence-electron chi connectivity index (χ2n) is 1.95. The summed E-state index contributed by atoms with van der Waals surface area (Å²) in [5.74, 6) is -0.278. The van der Waals surface area contributed by atoms with E-state index in [1.807, 2.05) is 6.92 Å². The van der Waals surface area contributed by atoms with Gasteiger partial charge in [-0.3, -0.25) is 4.57 Å². The van der Waals surface area contributed by atoms with E-state index in [-0.39, 0.29) is 20.3 Å². The van der Waals surface area contributed by atoms with Gasteiger partial charge in [-0.1, -0.05) is 0 Å². The Balaban J connectivity index is 3.33. The molecule has 2 N–H and O–H groups in total. The first-order valence-electron chi connectivity index (χ1n) is 2.81. The topological polar surface area (TPSA) is 52.3 Å². The highest BCUT2D eigenvalue weighted by atomic mass is 31.1. The van der Waals surface area contributed by atoms with Crippen molar-refractivity contribution in [1.82, 2.24) is 0 Å². The van der Waals surface area contributed by atoms with E-state index in [9.17, 15) is 4.57 Å². The third-order valence-electron chi connectivity index (χ3n) is 1.11. The molecule has 0 aromatic carbocycles. The summed E-state index contributed by atoms with van der Waals surface area (Å²) in [6, 6.07) is 0. The third kappa shape index (κ3) is 4.52. The van der Waals surface area contributed by atoms with Crippen LogP contribution in [0.4, 0.5) is 0 Å². The molecular formula is C5H12NO2P. The SMILES string of the molecule is COC(C)CC(N)P=O. The lowest BCUT2D eigenvalue weighted by molar-refractivity contribution is 0.110. The van der Waals surface area contributed by atoms with Crippen LogP contribution in [0.3, 0.4) is 0 Å². The standard InChI is InChI=1S/C5H12NO2P/c1-4(8-2)3-5(6)9-7/h4-5H,3,6H2,1-2H3. The van der Waals surface area contributed by atoms with Crippen LogP contribution in [0, 0.1) is 0 Å². The number of hydrogen-bond donors (Lipinski definition) is 1. The molecule has 0 aromatic rings. The molecule has 0 heterocycles. The molecule has 0 aliphatic rings. The summed E-state index contributed by atoms with van der Waals surface area (Å²) in [6.07, 6.45) is 0.739. The van der Waals surface area contributed by atoms with Crippen molar-refractivity contribution in [2.75, 3.05) is 7.11 Å². The van der Waals surface area contributed by atoms with Gasteiger partial charge in [-0.25, -0.2) is 0 Å². The van der Waals surface area contributed by atoms with Gasteiger partial charge < -0.3 is 10.5 Å². The van der Waals surface area contributed by atoms with Crippen molar-refractivity contribution in [3.63, 3.8) is 0 Å². The summed E-state index contributed by atoms with van der Waals surface area (Å²) in [5.41, 5.74) is 5.34. The van der Waals surface area contributed by atoms with Crippen molar-refractivity contribution in [1.29, 1.82) is 0 Å². The van der Waals surface area contributed by atoms with Gasteiger partial charge in [0.05, 0.1) is 11.9 Å². The van der Waals surface area contributed by atoms with Gasteiger partial charge in [-0.2, -0.15) is 0 Å². The van der Waals surface area contributed by atoms with Crippen molar-refractivity contribution in [3.8, 4) is 0 Å². The summed E-state index contributed by atoms with van der Waals surface area (Å²) in [5, 5.41) is 0. The zero-order valence-corrected chi connectivity index (χ0v) is 6.60. The molecule has 0 aliphatic heterocycles. The lowest BCUT2D eigenvalue weighted by atomic mass is 10.3. The molecule has 0 bridgehead atoms. The largest absolute Gasteiger partial charge is 0.382 e. The molecule has 0 aromatic heterocycles. The molecule has 0 radical (unpaired) electrons. The quantitative estimate of drug-likeness (QED) is 0.606. The zero-order valence-electron chi connectivity index (χ0n) is 5.70. The lowest BCUT2D eigenvalue weighted by Gasteiger charge is -2.09. The van der Waals surface area contributed by atoms with E-state index in [1.54, 1.807) is 7.11 Å². The molecule has 2 unspecified atom stereocenters. The van der Waals surface area contributed by atoms with Crippen LogP contribution in [0.25, 0.3) is 0 Å². The summed E-state index contributed by atoms with van der Waals surface area (Å²) < 4.78 is 15.0. The summed E-state index contributed by atoms with van der Waals surface area (Å²) >= 11 is 0. The van der Waals surface area contributed by atoms with Crippen molar-refractivity contribution in [2.24, 2.45) is 5.73 Å². The normalized spacial score (nSPS) is 17.7. The first kappa shape index (κ1) is 9.02. The Hall–Kier alpha value is 0.0200. The Morgan fingerprint density at radius 1 is 1.78 bits per heavy atom. The van der Waals surface area contributed by atoms with Gasteiger partial charge in [-0.15, -0.1) is 0 Å². The van der Waals surface area contributed by atoms with E-state index in [4.69, 9.17) is 10.5 Å². The zero-order chi connectivity index (χ0) is 7.28. The molecule has 0 saturated carbocycles. The van der Waals surface area contributed by atoms with Gasteiger partial charge in [0.15, 0.2) is 8.46 Å². The van der Waals surface area contributed by atoms with E-state index in [1.165, 1.54) is 0 Å². The summed E-state index contributed by atoms with van der Waals surface area (Å²) in [6.45, 7) is 1.89. The maximum atomic E-state index is 10.1. The van der Waals surface area contributed by atoms with Crippen LogP contribution >= 0.6 is 8.46 Å². The fourth-order valence-corrected chi connectivity index (χ4v) is 0.862. The van der Waals surface area contributed by atoms with Crippen molar-refractivity contribution >= 4 is 8.46 Å². The molecule has 54 valence electrons. The number of ether oxygens (including phenoxy) is 1. The van der Waals surface area contributed by atoms with Gasteiger partial charge in [-0.05, 0) is 13.3 Å². The summed E-state index contributed by atoms with van der Waals surface area (Å²) in [4.78, 5) is 0. The van der Waals surface area contributed by atoms with Crippen LogP contribution in [0.2, 0.25) is 0 Å². The first-order valence-corrected chi connectivity index (χ1v) is 3.69. The molecule has 0 aliphatic carbocycles. The molecule has 9 heavy (non-hydrogen) atoms. The van der Waals surface area contributed by atoms with Crippen molar-refractivity contribution in [2.45, 2.75) is 25.2 Å². The Labute approximate surface area is 56.8 Å². The van der Waals surface area contributed by atoms with Gasteiger partial charge in [0.2, 0.25) is 0 Å². The lowest BCUT2D eigenvalue weighted by Crippen LogP contribution is -2.19. The third-order valence-corrected chi connectivity index (χ3v) is 1.59. The summed E-state index contributed by atoms with van der Waals surface area (Å²) in [7, 11) is 1.61. The Kier molecular flexibility index (Phi) is 4.87. The second-order valence-corrected chi connectivity index (χ2v) is 2.83. The van der Waals surface area contributed by atoms with Gasteiger partial charge in [0, 0.05) is 7.11 Å². The van der Waals surface area contributed by atoms with Crippen LogP contribution in [-0.2, 0) is 9.30 Å². The smallest absolute Gasteiger partial charge is 0.174 e. The maximum Gasteiger partial charge on any atom is 0.174 e. The Morgan fingerprint density at radius 2 is 2.33 bits per heavy atom. The average Bonchev–Trinajstić information content (AvgIpc) is 1.87. The number of methoxy groups -OCH3 is 1. The number of nitrogens with two attached hydrogens (primary N) is 1. The van der Waals surface area contributed by atoms with Crippen molar-refractivity contribution < 1.29 is 9.30 Å². The van der Waals surface area contributed by atoms with E-state index < -0.39 is 0 Å². The number of hydrogen-bond acceptors (Lipinski definition) is 3. The van der Waals surface area contributed by atoms with Gasteiger partial charge in [0.1, 0.15) is 0 Å². The van der Waals surface area contributed by atoms with Crippen LogP contribution in [0.15, 0.2) is 0 Å². The molecule has 0 rings (SSSR count). The van der Waals surface area contributed by atoms with E-state index in [0.29, 0.717) is 6.42 Å². The van der Waals surface area contributed by atoms with Gasteiger partial charge in [0.25, 0.3) is 0 Å². The van der Waals surface area contributed by atoms with E-state index >= 15 is 0 Å². The predicted molar refractivity (Wildman–Crippen MR) is 36.7 cm³/mol. The highest BCUT2D eigenvalue weighted by Gasteiger charge is 2.06.